The topological polar surface area (TPSA) is 104 Å². The van der Waals surface area contributed by atoms with Crippen LogP contribution in [0.4, 0.5) is 4.39 Å². The van der Waals surface area contributed by atoms with Crippen LogP contribution in [0.15, 0.2) is 47.4 Å². The van der Waals surface area contributed by atoms with Crippen LogP contribution in [0, 0.1) is 5.82 Å². The van der Waals surface area contributed by atoms with Crippen molar-refractivity contribution in [3.63, 3.8) is 0 Å². The van der Waals surface area contributed by atoms with Crippen LogP contribution in [0.3, 0.4) is 0 Å². The normalized spacial score (nSPS) is 12.8. The van der Waals surface area contributed by atoms with Crippen LogP contribution in [0.1, 0.15) is 92.3 Å². The lowest BCUT2D eigenvalue weighted by molar-refractivity contribution is -0.146. The molecule has 2 unspecified atom stereocenters. The molecule has 0 aliphatic heterocycles. The monoisotopic (exact) mass is 520 g/mol. The quantitative estimate of drug-likeness (QED) is 0.142. The molecule has 2 aromatic rings. The van der Waals surface area contributed by atoms with E-state index in [0.717, 1.165) is 31.0 Å². The largest absolute Gasteiger partial charge is 0.493 e. The van der Waals surface area contributed by atoms with E-state index in [1.807, 2.05) is 0 Å². The fourth-order valence-electron chi connectivity index (χ4n) is 3.92. The van der Waals surface area contributed by atoms with Gasteiger partial charge in [-0.3, -0.25) is 0 Å². The first-order valence-corrected chi connectivity index (χ1v) is 13.5. The van der Waals surface area contributed by atoms with Crippen LogP contribution in [-0.2, 0) is 4.79 Å². The number of benzene rings is 2. The Kier molecular flexibility index (Phi) is 13.4. The highest BCUT2D eigenvalue weighted by molar-refractivity contribution is 7.99. The second-order valence-corrected chi connectivity index (χ2v) is 10.1. The van der Waals surface area contributed by atoms with Crippen molar-refractivity contribution in [1.82, 2.24) is 0 Å². The van der Waals surface area contributed by atoms with Crippen molar-refractivity contribution in [2.24, 2.45) is 0 Å². The second kappa shape index (κ2) is 16.2. The van der Waals surface area contributed by atoms with Gasteiger partial charge in [0.05, 0.1) is 17.4 Å². The molecule has 3 N–H and O–H groups in total. The van der Waals surface area contributed by atoms with E-state index in [4.69, 9.17) is 4.74 Å². The molecule has 6 nitrogen and oxygen atoms in total. The van der Waals surface area contributed by atoms with E-state index in [9.17, 15) is 29.3 Å². The Morgan fingerprint density at radius 1 is 0.917 bits per heavy atom. The zero-order valence-electron chi connectivity index (χ0n) is 20.8. The summed E-state index contributed by atoms with van der Waals surface area (Å²) in [5, 5.41) is 28.1. The van der Waals surface area contributed by atoms with Gasteiger partial charge in [-0.2, -0.15) is 0 Å². The number of halogens is 1. The Balaban J connectivity index is 2.01. The molecule has 0 spiro atoms. The Labute approximate surface area is 216 Å². The number of carbonyl (C=O) groups is 2. The lowest BCUT2D eigenvalue weighted by Crippen LogP contribution is -2.26. The SMILES string of the molecule is CCCCCCCCCCCCOc1ccc(F)cc1C(Sc1cccc(C(=O)O)c1)C(O)C(=O)O. The summed E-state index contributed by atoms with van der Waals surface area (Å²) in [6, 6.07) is 9.79. The zero-order valence-corrected chi connectivity index (χ0v) is 21.6. The number of rotatable bonds is 18. The van der Waals surface area contributed by atoms with Crippen LogP contribution in [0.5, 0.6) is 5.75 Å². The molecule has 0 saturated carbocycles. The summed E-state index contributed by atoms with van der Waals surface area (Å²) in [6.45, 7) is 2.61. The molecule has 0 radical (unpaired) electrons. The van der Waals surface area contributed by atoms with E-state index < -0.39 is 29.1 Å². The molecule has 36 heavy (non-hydrogen) atoms. The van der Waals surface area contributed by atoms with Gasteiger partial charge in [0.25, 0.3) is 0 Å². The molecule has 0 fully saturated rings. The summed E-state index contributed by atoms with van der Waals surface area (Å²) < 4.78 is 20.1. The highest BCUT2D eigenvalue weighted by Gasteiger charge is 2.31. The lowest BCUT2D eigenvalue weighted by atomic mass is 10.1. The summed E-state index contributed by atoms with van der Waals surface area (Å²) >= 11 is 0.952. The predicted molar refractivity (Wildman–Crippen MR) is 139 cm³/mol. The third kappa shape index (κ3) is 10.2. The van der Waals surface area contributed by atoms with Gasteiger partial charge in [-0.05, 0) is 42.8 Å². The number of hydrogen-bond acceptors (Lipinski definition) is 5. The first-order valence-electron chi connectivity index (χ1n) is 12.7. The molecule has 2 atom stereocenters. The number of thioether (sulfide) groups is 1. The molecule has 0 saturated heterocycles. The summed E-state index contributed by atoms with van der Waals surface area (Å²) in [7, 11) is 0. The number of unbranched alkanes of at least 4 members (excludes halogenated alkanes) is 9. The molecule has 0 bridgehead atoms. The molecule has 0 aliphatic rings. The first-order chi connectivity index (χ1) is 17.3. The molecule has 8 heteroatoms. The summed E-state index contributed by atoms with van der Waals surface area (Å²) in [5.41, 5.74) is 0.239. The fourth-order valence-corrected chi connectivity index (χ4v) is 5.12. The Hall–Kier alpha value is -2.58. The molecular formula is C28H37FO6S. The van der Waals surface area contributed by atoms with Crippen LogP contribution in [-0.4, -0.2) is 40.0 Å². The highest BCUT2D eigenvalue weighted by atomic mass is 32.2. The average Bonchev–Trinajstić information content (AvgIpc) is 2.86. The van der Waals surface area contributed by atoms with Gasteiger partial charge >= 0.3 is 11.9 Å². The Morgan fingerprint density at radius 3 is 2.17 bits per heavy atom. The maximum atomic E-state index is 14.2. The molecule has 0 amide bonds. The summed E-state index contributed by atoms with van der Waals surface area (Å²) in [5.74, 6) is -2.87. The molecule has 2 aromatic carbocycles. The number of aliphatic hydroxyl groups excluding tert-OH is 1. The minimum atomic E-state index is -1.86. The fraction of sp³-hybridized carbons (Fsp3) is 0.500. The number of ether oxygens (including phenoxy) is 1. The number of hydrogen-bond donors (Lipinski definition) is 3. The van der Waals surface area contributed by atoms with E-state index in [2.05, 4.69) is 6.92 Å². The van der Waals surface area contributed by atoms with Gasteiger partial charge in [0.15, 0.2) is 6.10 Å². The van der Waals surface area contributed by atoms with E-state index in [-0.39, 0.29) is 11.1 Å². The van der Waals surface area contributed by atoms with Gasteiger partial charge in [0.1, 0.15) is 11.6 Å². The lowest BCUT2D eigenvalue weighted by Gasteiger charge is -2.23. The smallest absolute Gasteiger partial charge is 0.335 e. The Morgan fingerprint density at radius 2 is 1.56 bits per heavy atom. The number of aliphatic hydroxyl groups is 1. The van der Waals surface area contributed by atoms with Gasteiger partial charge < -0.3 is 20.1 Å². The van der Waals surface area contributed by atoms with Crippen LogP contribution < -0.4 is 4.74 Å². The van der Waals surface area contributed by atoms with Crippen LogP contribution in [0.25, 0.3) is 0 Å². The number of aromatic carboxylic acids is 1. The predicted octanol–water partition coefficient (Wildman–Crippen LogP) is 7.10. The van der Waals surface area contributed by atoms with Crippen molar-refractivity contribution in [2.75, 3.05) is 6.61 Å². The van der Waals surface area contributed by atoms with Crippen molar-refractivity contribution >= 4 is 23.7 Å². The van der Waals surface area contributed by atoms with Crippen LogP contribution >= 0.6 is 11.8 Å². The van der Waals surface area contributed by atoms with Crippen molar-refractivity contribution in [3.05, 3.63) is 59.4 Å². The van der Waals surface area contributed by atoms with Crippen LogP contribution in [0.2, 0.25) is 0 Å². The zero-order chi connectivity index (χ0) is 26.3. The molecule has 0 heterocycles. The summed E-state index contributed by atoms with van der Waals surface area (Å²) in [4.78, 5) is 23.4. The average molecular weight is 521 g/mol. The first kappa shape index (κ1) is 29.6. The van der Waals surface area contributed by atoms with Crippen molar-refractivity contribution in [1.29, 1.82) is 0 Å². The maximum absolute atomic E-state index is 14.2. The van der Waals surface area contributed by atoms with E-state index in [1.165, 1.54) is 81.3 Å². The third-order valence-electron chi connectivity index (χ3n) is 5.92. The standard InChI is InChI=1S/C28H37FO6S/c1-2-3-4-5-6-7-8-9-10-11-17-35-24-16-15-21(29)19-23(24)26(25(30)28(33)34)36-22-14-12-13-20(18-22)27(31)32/h12-16,18-19,25-26,30H,2-11,17H2,1H3,(H,31,32)(H,33,34). The molecular weight excluding hydrogens is 483 g/mol. The Bertz CT molecular complexity index is 967. The second-order valence-electron chi connectivity index (χ2n) is 8.87. The molecule has 0 aromatic heterocycles. The van der Waals surface area contributed by atoms with E-state index in [1.54, 1.807) is 6.07 Å². The van der Waals surface area contributed by atoms with E-state index >= 15 is 0 Å². The molecule has 0 aliphatic carbocycles. The van der Waals surface area contributed by atoms with Gasteiger partial charge in [-0.1, -0.05) is 70.8 Å². The highest BCUT2D eigenvalue weighted by Crippen LogP contribution is 2.42. The minimum absolute atomic E-state index is 0.0280. The van der Waals surface area contributed by atoms with Gasteiger partial charge in [-0.15, -0.1) is 11.8 Å². The maximum Gasteiger partial charge on any atom is 0.335 e. The third-order valence-corrected chi connectivity index (χ3v) is 7.21. The summed E-state index contributed by atoms with van der Waals surface area (Å²) in [6.07, 6.45) is 9.94. The van der Waals surface area contributed by atoms with Gasteiger partial charge in [0, 0.05) is 10.5 Å². The number of aliphatic carboxylic acids is 1. The molecule has 2 rings (SSSR count). The number of carboxylic acids is 2. The van der Waals surface area contributed by atoms with Crippen molar-refractivity contribution < 1.29 is 34.0 Å². The minimum Gasteiger partial charge on any atom is -0.493 e. The van der Waals surface area contributed by atoms with Gasteiger partial charge in [0.2, 0.25) is 0 Å². The number of carboxylic acid groups (broad SMARTS) is 2. The van der Waals surface area contributed by atoms with E-state index in [0.29, 0.717) is 17.3 Å². The van der Waals surface area contributed by atoms with Gasteiger partial charge in [-0.25, -0.2) is 14.0 Å². The van der Waals surface area contributed by atoms with Crippen molar-refractivity contribution in [2.45, 2.75) is 87.4 Å². The molecule has 198 valence electrons. The van der Waals surface area contributed by atoms with Crippen molar-refractivity contribution in [3.8, 4) is 5.75 Å².